The van der Waals surface area contributed by atoms with Crippen LogP contribution in [0, 0.1) is 0 Å². The van der Waals surface area contributed by atoms with Crippen molar-refractivity contribution >= 4 is 5.97 Å². The number of unbranched alkanes of at least 4 members (excludes halogenated alkanes) is 1. The van der Waals surface area contributed by atoms with Crippen LogP contribution in [-0.2, 0) is 26.8 Å². The van der Waals surface area contributed by atoms with E-state index in [1.54, 1.807) is 0 Å². The van der Waals surface area contributed by atoms with Gasteiger partial charge in [0.1, 0.15) is 11.4 Å². The second kappa shape index (κ2) is 10.00. The number of esters is 1. The molecule has 0 fully saturated rings. The average Bonchev–Trinajstić information content (AvgIpc) is 2.57. The number of hydrogen-bond donors (Lipinski definition) is 1. The van der Waals surface area contributed by atoms with Crippen molar-refractivity contribution in [1.82, 2.24) is 0 Å². The Morgan fingerprint density at radius 1 is 0.931 bits per heavy atom. The summed E-state index contributed by atoms with van der Waals surface area (Å²) < 4.78 is 5.68. The van der Waals surface area contributed by atoms with Crippen molar-refractivity contribution in [3.05, 3.63) is 28.8 Å². The highest BCUT2D eigenvalue weighted by molar-refractivity contribution is 5.70. The number of hydrogen-bond acceptors (Lipinski definition) is 3. The largest absolute Gasteiger partial charge is 0.507 e. The molecule has 3 nitrogen and oxygen atoms in total. The van der Waals surface area contributed by atoms with Gasteiger partial charge in [-0.15, -0.1) is 0 Å². The minimum Gasteiger partial charge on any atom is -0.507 e. The van der Waals surface area contributed by atoms with Crippen LogP contribution in [0.25, 0.3) is 0 Å². The molecule has 0 unspecified atom stereocenters. The molecule has 1 aromatic rings. The van der Waals surface area contributed by atoms with Crippen molar-refractivity contribution < 1.29 is 14.6 Å². The SMILES string of the molecule is CCCCC(C)(C)c1cc(CCC(=O)OC(C)(C)CCC)cc(C(C)(C)C)c1O. The summed E-state index contributed by atoms with van der Waals surface area (Å²) in [5.74, 6) is 0.259. The van der Waals surface area contributed by atoms with Crippen molar-refractivity contribution in [2.45, 2.75) is 124 Å². The van der Waals surface area contributed by atoms with E-state index in [1.807, 2.05) is 13.8 Å². The second-order valence-electron chi connectivity index (χ2n) is 10.8. The summed E-state index contributed by atoms with van der Waals surface area (Å²) in [6.07, 6.45) is 6.12. The van der Waals surface area contributed by atoms with Gasteiger partial charge in [0, 0.05) is 12.0 Å². The Balaban J connectivity index is 3.15. The molecule has 0 saturated carbocycles. The molecule has 0 radical (unpaired) electrons. The fourth-order valence-corrected chi connectivity index (χ4v) is 3.94. The van der Waals surface area contributed by atoms with Gasteiger partial charge >= 0.3 is 5.97 Å². The zero-order valence-electron chi connectivity index (χ0n) is 20.4. The molecule has 1 rings (SSSR count). The molecule has 0 aliphatic rings. The Morgan fingerprint density at radius 2 is 1.52 bits per heavy atom. The fourth-order valence-electron chi connectivity index (χ4n) is 3.94. The van der Waals surface area contributed by atoms with Gasteiger partial charge in [-0.3, -0.25) is 4.79 Å². The highest BCUT2D eigenvalue weighted by Gasteiger charge is 2.29. The number of aromatic hydroxyl groups is 1. The molecule has 0 aliphatic carbocycles. The number of ether oxygens (including phenoxy) is 1. The number of phenols is 1. The quantitative estimate of drug-likeness (QED) is 0.419. The van der Waals surface area contributed by atoms with Gasteiger partial charge in [-0.1, -0.05) is 79.9 Å². The molecule has 29 heavy (non-hydrogen) atoms. The van der Waals surface area contributed by atoms with E-state index in [9.17, 15) is 9.90 Å². The van der Waals surface area contributed by atoms with Crippen molar-refractivity contribution in [3.8, 4) is 5.75 Å². The summed E-state index contributed by atoms with van der Waals surface area (Å²) in [5.41, 5.74) is 2.35. The molecule has 0 spiro atoms. The topological polar surface area (TPSA) is 46.5 Å². The van der Waals surface area contributed by atoms with Crippen molar-refractivity contribution in [2.24, 2.45) is 0 Å². The van der Waals surface area contributed by atoms with E-state index in [2.05, 4.69) is 60.6 Å². The van der Waals surface area contributed by atoms with E-state index in [0.29, 0.717) is 18.6 Å². The fraction of sp³-hybridized carbons (Fsp3) is 0.731. The third kappa shape index (κ3) is 7.68. The molecule has 3 heteroatoms. The van der Waals surface area contributed by atoms with Gasteiger partial charge in [-0.2, -0.15) is 0 Å². The summed E-state index contributed by atoms with van der Waals surface area (Å²) in [4.78, 5) is 12.4. The molecular formula is C26H44O3. The number of aryl methyl sites for hydroxylation is 1. The van der Waals surface area contributed by atoms with Crippen LogP contribution >= 0.6 is 0 Å². The molecule has 0 amide bonds. The Morgan fingerprint density at radius 3 is 2.03 bits per heavy atom. The van der Waals surface area contributed by atoms with Gasteiger partial charge in [0.15, 0.2) is 0 Å². The predicted molar refractivity (Wildman–Crippen MR) is 123 cm³/mol. The third-order valence-electron chi connectivity index (χ3n) is 5.72. The minimum absolute atomic E-state index is 0.111. The van der Waals surface area contributed by atoms with Crippen LogP contribution in [0.1, 0.15) is 118 Å². The Hall–Kier alpha value is -1.51. The first-order valence-corrected chi connectivity index (χ1v) is 11.3. The molecule has 0 aliphatic heterocycles. The minimum atomic E-state index is -0.412. The van der Waals surface area contributed by atoms with E-state index in [1.165, 1.54) is 0 Å². The standard InChI is InChI=1S/C26H44O3/c1-10-12-16-25(6,7)21-18-19(17-20(23(21)28)24(3,4)5)13-14-22(27)29-26(8,9)15-11-2/h17-18,28H,10-16H2,1-9H3. The number of benzene rings is 1. The zero-order valence-corrected chi connectivity index (χ0v) is 20.4. The average molecular weight is 405 g/mol. The molecule has 1 N–H and O–H groups in total. The van der Waals surface area contributed by atoms with E-state index in [-0.39, 0.29) is 16.8 Å². The lowest BCUT2D eigenvalue weighted by Crippen LogP contribution is -2.28. The van der Waals surface area contributed by atoms with Crippen LogP contribution in [0.4, 0.5) is 0 Å². The molecule has 0 aromatic heterocycles. The summed E-state index contributed by atoms with van der Waals surface area (Å²) in [6.45, 7) is 19.0. The molecule has 0 atom stereocenters. The summed E-state index contributed by atoms with van der Waals surface area (Å²) >= 11 is 0. The normalized spacial score (nSPS) is 12.9. The molecular weight excluding hydrogens is 360 g/mol. The smallest absolute Gasteiger partial charge is 0.306 e. The van der Waals surface area contributed by atoms with Crippen molar-refractivity contribution in [2.75, 3.05) is 0 Å². The van der Waals surface area contributed by atoms with Gasteiger partial charge < -0.3 is 9.84 Å². The summed E-state index contributed by atoms with van der Waals surface area (Å²) in [7, 11) is 0. The van der Waals surface area contributed by atoms with Crippen LogP contribution in [0.2, 0.25) is 0 Å². The predicted octanol–water partition coefficient (Wildman–Crippen LogP) is 7.21. The highest BCUT2D eigenvalue weighted by Crippen LogP contribution is 2.42. The van der Waals surface area contributed by atoms with E-state index >= 15 is 0 Å². The lowest BCUT2D eigenvalue weighted by molar-refractivity contribution is -0.157. The second-order valence-corrected chi connectivity index (χ2v) is 10.8. The zero-order chi connectivity index (χ0) is 22.5. The molecule has 166 valence electrons. The van der Waals surface area contributed by atoms with Gasteiger partial charge in [0.25, 0.3) is 0 Å². The van der Waals surface area contributed by atoms with Crippen molar-refractivity contribution in [3.63, 3.8) is 0 Å². The van der Waals surface area contributed by atoms with Crippen LogP contribution < -0.4 is 0 Å². The van der Waals surface area contributed by atoms with E-state index < -0.39 is 5.60 Å². The maximum absolute atomic E-state index is 12.4. The van der Waals surface area contributed by atoms with Crippen LogP contribution in [-0.4, -0.2) is 16.7 Å². The van der Waals surface area contributed by atoms with E-state index in [0.717, 1.165) is 48.8 Å². The number of carbonyl (C=O) groups is 1. The van der Waals surface area contributed by atoms with Gasteiger partial charge in [0.05, 0.1) is 0 Å². The summed E-state index contributed by atoms with van der Waals surface area (Å²) in [5, 5.41) is 11.1. The summed E-state index contributed by atoms with van der Waals surface area (Å²) in [6, 6.07) is 4.17. The molecule has 0 saturated heterocycles. The first kappa shape index (κ1) is 25.5. The Kier molecular flexibility index (Phi) is 8.80. The maximum atomic E-state index is 12.4. The van der Waals surface area contributed by atoms with Crippen LogP contribution in [0.5, 0.6) is 5.75 Å². The first-order chi connectivity index (χ1) is 13.2. The van der Waals surface area contributed by atoms with Gasteiger partial charge in [-0.05, 0) is 55.1 Å². The maximum Gasteiger partial charge on any atom is 0.306 e. The third-order valence-corrected chi connectivity index (χ3v) is 5.72. The number of carbonyl (C=O) groups excluding carboxylic acids is 1. The van der Waals surface area contributed by atoms with Crippen molar-refractivity contribution in [1.29, 1.82) is 0 Å². The number of rotatable bonds is 10. The number of phenolic OH excluding ortho intramolecular Hbond substituents is 1. The monoisotopic (exact) mass is 404 g/mol. The lowest BCUT2D eigenvalue weighted by Gasteiger charge is -2.31. The van der Waals surface area contributed by atoms with Gasteiger partial charge in [-0.25, -0.2) is 0 Å². The van der Waals surface area contributed by atoms with Crippen LogP contribution in [0.3, 0.4) is 0 Å². The first-order valence-electron chi connectivity index (χ1n) is 11.3. The van der Waals surface area contributed by atoms with Gasteiger partial charge in [0.2, 0.25) is 0 Å². The molecule has 1 aromatic carbocycles. The van der Waals surface area contributed by atoms with E-state index in [4.69, 9.17) is 4.74 Å². The lowest BCUT2D eigenvalue weighted by atomic mass is 9.75. The highest BCUT2D eigenvalue weighted by atomic mass is 16.6. The molecule has 0 heterocycles. The molecule has 0 bridgehead atoms. The Bertz CT molecular complexity index is 678. The van der Waals surface area contributed by atoms with Crippen LogP contribution in [0.15, 0.2) is 12.1 Å². The Labute approximate surface area is 179 Å².